The lowest BCUT2D eigenvalue weighted by Gasteiger charge is -2.15. The van der Waals surface area contributed by atoms with E-state index in [0.29, 0.717) is 18.4 Å². The number of thioether (sulfide) groups is 1. The SMILES string of the molecule is CCNC(=NCc1ccccc1OCCN(C)C)NCC1CCCS1. The Hall–Kier alpha value is -1.40. The Labute approximate surface area is 156 Å². The molecule has 2 N–H and O–H groups in total. The van der Waals surface area contributed by atoms with Crippen molar-refractivity contribution in [1.29, 1.82) is 0 Å². The molecule has 0 aliphatic carbocycles. The zero-order valence-corrected chi connectivity index (χ0v) is 16.6. The second kappa shape index (κ2) is 11.3. The van der Waals surface area contributed by atoms with Crippen LogP contribution in [-0.4, -0.2) is 62.2 Å². The number of benzene rings is 1. The molecular formula is C19H32N4OS. The summed E-state index contributed by atoms with van der Waals surface area (Å²) in [7, 11) is 4.10. The first kappa shape index (κ1) is 19.9. The molecule has 0 radical (unpaired) electrons. The van der Waals surface area contributed by atoms with Crippen molar-refractivity contribution in [2.75, 3.05) is 46.1 Å². The van der Waals surface area contributed by atoms with Gasteiger partial charge in [0.15, 0.2) is 5.96 Å². The summed E-state index contributed by atoms with van der Waals surface area (Å²) in [5.74, 6) is 3.10. The molecule has 2 rings (SSSR count). The predicted molar refractivity (Wildman–Crippen MR) is 109 cm³/mol. The van der Waals surface area contributed by atoms with E-state index in [0.717, 1.165) is 36.9 Å². The van der Waals surface area contributed by atoms with Crippen molar-refractivity contribution in [2.24, 2.45) is 4.99 Å². The molecular weight excluding hydrogens is 332 g/mol. The third-order valence-corrected chi connectivity index (χ3v) is 5.44. The minimum atomic E-state index is 0.616. The van der Waals surface area contributed by atoms with Gasteiger partial charge in [0.05, 0.1) is 6.54 Å². The fourth-order valence-corrected chi connectivity index (χ4v) is 3.84. The van der Waals surface area contributed by atoms with Gasteiger partial charge in [0.1, 0.15) is 12.4 Å². The number of hydrogen-bond donors (Lipinski definition) is 2. The number of guanidine groups is 1. The molecule has 0 spiro atoms. The molecule has 1 unspecified atom stereocenters. The molecule has 6 heteroatoms. The van der Waals surface area contributed by atoms with E-state index in [1.807, 2.05) is 18.2 Å². The van der Waals surface area contributed by atoms with Crippen LogP contribution in [0.5, 0.6) is 5.75 Å². The zero-order chi connectivity index (χ0) is 17.9. The molecule has 0 saturated carbocycles. The zero-order valence-electron chi connectivity index (χ0n) is 15.8. The second-order valence-electron chi connectivity index (χ2n) is 6.47. The van der Waals surface area contributed by atoms with Gasteiger partial charge >= 0.3 is 0 Å². The van der Waals surface area contributed by atoms with Gasteiger partial charge in [0.2, 0.25) is 0 Å². The van der Waals surface area contributed by atoms with Crippen molar-refractivity contribution in [3.63, 3.8) is 0 Å². The van der Waals surface area contributed by atoms with Gasteiger partial charge in [-0.3, -0.25) is 0 Å². The van der Waals surface area contributed by atoms with Crippen molar-refractivity contribution in [2.45, 2.75) is 31.6 Å². The molecule has 0 aromatic heterocycles. The van der Waals surface area contributed by atoms with E-state index in [1.165, 1.54) is 18.6 Å². The summed E-state index contributed by atoms with van der Waals surface area (Å²) >= 11 is 2.06. The molecule has 1 fully saturated rings. The number of hydrogen-bond acceptors (Lipinski definition) is 4. The quantitative estimate of drug-likeness (QED) is 0.521. The van der Waals surface area contributed by atoms with Gasteiger partial charge in [0, 0.05) is 30.4 Å². The normalized spacial score (nSPS) is 17.8. The Bertz CT molecular complexity index is 530. The van der Waals surface area contributed by atoms with Gasteiger partial charge in [-0.05, 0) is 45.7 Å². The molecule has 140 valence electrons. The molecule has 5 nitrogen and oxygen atoms in total. The molecule has 0 bridgehead atoms. The Morgan fingerprint density at radius 2 is 2.16 bits per heavy atom. The molecule has 1 aliphatic heterocycles. The summed E-state index contributed by atoms with van der Waals surface area (Å²) in [6, 6.07) is 8.17. The highest BCUT2D eigenvalue weighted by Gasteiger charge is 2.15. The maximum absolute atomic E-state index is 5.93. The van der Waals surface area contributed by atoms with E-state index in [4.69, 9.17) is 9.73 Å². The third-order valence-electron chi connectivity index (χ3n) is 4.04. The van der Waals surface area contributed by atoms with Crippen molar-refractivity contribution in [1.82, 2.24) is 15.5 Å². The summed E-state index contributed by atoms with van der Waals surface area (Å²) in [6.45, 7) is 6.15. The molecule has 1 saturated heterocycles. The first-order chi connectivity index (χ1) is 12.2. The van der Waals surface area contributed by atoms with Crippen LogP contribution in [0.2, 0.25) is 0 Å². The van der Waals surface area contributed by atoms with E-state index >= 15 is 0 Å². The average molecular weight is 365 g/mol. The highest BCUT2D eigenvalue weighted by molar-refractivity contribution is 8.00. The number of nitrogens with zero attached hydrogens (tertiary/aromatic N) is 2. The van der Waals surface area contributed by atoms with Crippen molar-refractivity contribution in [3.8, 4) is 5.75 Å². The third kappa shape index (κ3) is 7.57. The Balaban J connectivity index is 1.91. The lowest BCUT2D eigenvalue weighted by molar-refractivity contribution is 0.259. The van der Waals surface area contributed by atoms with Crippen LogP contribution in [0.15, 0.2) is 29.3 Å². The van der Waals surface area contributed by atoms with E-state index in [2.05, 4.69) is 54.4 Å². The molecule has 0 amide bonds. The van der Waals surface area contributed by atoms with Crippen LogP contribution in [0.3, 0.4) is 0 Å². The first-order valence-corrected chi connectivity index (χ1v) is 10.2. The second-order valence-corrected chi connectivity index (χ2v) is 7.88. The van der Waals surface area contributed by atoms with Gasteiger partial charge in [-0.25, -0.2) is 4.99 Å². The average Bonchev–Trinajstić information content (AvgIpc) is 3.11. The van der Waals surface area contributed by atoms with E-state index in [9.17, 15) is 0 Å². The number of rotatable bonds is 9. The van der Waals surface area contributed by atoms with Crippen LogP contribution in [-0.2, 0) is 6.54 Å². The number of ether oxygens (including phenoxy) is 1. The lowest BCUT2D eigenvalue weighted by Crippen LogP contribution is -2.40. The fourth-order valence-electron chi connectivity index (χ4n) is 2.64. The maximum Gasteiger partial charge on any atom is 0.191 e. The summed E-state index contributed by atoms with van der Waals surface area (Å²) in [6.07, 6.45) is 2.64. The van der Waals surface area contributed by atoms with E-state index in [1.54, 1.807) is 0 Å². The first-order valence-electron chi connectivity index (χ1n) is 9.18. The van der Waals surface area contributed by atoms with Gasteiger partial charge in [-0.15, -0.1) is 0 Å². The van der Waals surface area contributed by atoms with Gasteiger partial charge in [-0.1, -0.05) is 18.2 Å². The monoisotopic (exact) mass is 364 g/mol. The number of aliphatic imine (C=N–C) groups is 1. The minimum absolute atomic E-state index is 0.616. The molecule has 1 aliphatic rings. The maximum atomic E-state index is 5.93. The largest absolute Gasteiger partial charge is 0.492 e. The number of nitrogens with one attached hydrogen (secondary N) is 2. The van der Waals surface area contributed by atoms with E-state index < -0.39 is 0 Å². The number of likely N-dealkylation sites (N-methyl/N-ethyl adjacent to an activating group) is 1. The summed E-state index contributed by atoms with van der Waals surface area (Å²) in [4.78, 5) is 6.86. The Morgan fingerprint density at radius 3 is 2.88 bits per heavy atom. The standard InChI is InChI=1S/C19H32N4OS/c1-4-20-19(22-15-17-9-7-13-25-17)21-14-16-8-5-6-10-18(16)24-12-11-23(2)3/h5-6,8,10,17H,4,7,9,11-15H2,1-3H3,(H2,20,21,22). The van der Waals surface area contributed by atoms with Gasteiger partial charge in [-0.2, -0.15) is 11.8 Å². The molecule has 1 aromatic carbocycles. The van der Waals surface area contributed by atoms with Gasteiger partial charge < -0.3 is 20.3 Å². The molecule has 25 heavy (non-hydrogen) atoms. The predicted octanol–water partition coefficient (Wildman–Crippen LogP) is 2.58. The van der Waals surface area contributed by atoms with E-state index in [-0.39, 0.29) is 0 Å². The van der Waals surface area contributed by atoms with Crippen LogP contribution < -0.4 is 15.4 Å². The molecule has 1 heterocycles. The van der Waals surface area contributed by atoms with Crippen LogP contribution >= 0.6 is 11.8 Å². The van der Waals surface area contributed by atoms with Crippen LogP contribution in [0.4, 0.5) is 0 Å². The topological polar surface area (TPSA) is 48.9 Å². The number of para-hydroxylation sites is 1. The molecule has 1 atom stereocenters. The fraction of sp³-hybridized carbons (Fsp3) is 0.632. The highest BCUT2D eigenvalue weighted by atomic mass is 32.2. The van der Waals surface area contributed by atoms with Crippen LogP contribution in [0.25, 0.3) is 0 Å². The van der Waals surface area contributed by atoms with Crippen molar-refractivity contribution < 1.29 is 4.74 Å². The minimum Gasteiger partial charge on any atom is -0.492 e. The van der Waals surface area contributed by atoms with Crippen LogP contribution in [0, 0.1) is 0 Å². The summed E-state index contributed by atoms with van der Waals surface area (Å²) < 4.78 is 5.93. The highest BCUT2D eigenvalue weighted by Crippen LogP contribution is 2.25. The lowest BCUT2D eigenvalue weighted by atomic mass is 10.2. The smallest absolute Gasteiger partial charge is 0.191 e. The Morgan fingerprint density at radius 1 is 1.32 bits per heavy atom. The van der Waals surface area contributed by atoms with Crippen LogP contribution in [0.1, 0.15) is 25.3 Å². The summed E-state index contributed by atoms with van der Waals surface area (Å²) in [5, 5.41) is 7.53. The molecule has 1 aromatic rings. The van der Waals surface area contributed by atoms with Crippen molar-refractivity contribution >= 4 is 17.7 Å². The summed E-state index contributed by atoms with van der Waals surface area (Å²) in [5.41, 5.74) is 1.12. The Kier molecular flexibility index (Phi) is 8.97. The van der Waals surface area contributed by atoms with Crippen molar-refractivity contribution in [3.05, 3.63) is 29.8 Å². The van der Waals surface area contributed by atoms with Gasteiger partial charge in [0.25, 0.3) is 0 Å².